The summed E-state index contributed by atoms with van der Waals surface area (Å²) in [5.74, 6) is 0. The summed E-state index contributed by atoms with van der Waals surface area (Å²) in [5, 5.41) is 14.4. The number of aliphatic hydroxyl groups is 1. The van der Waals surface area contributed by atoms with Crippen molar-refractivity contribution in [3.63, 3.8) is 0 Å². The first-order chi connectivity index (χ1) is 9.29. The summed E-state index contributed by atoms with van der Waals surface area (Å²) in [6.45, 7) is 2.95. The number of fused-ring (bicyclic) bond motifs is 1. The van der Waals surface area contributed by atoms with E-state index in [2.05, 4.69) is 36.3 Å². The molecule has 0 saturated heterocycles. The molecule has 1 aromatic heterocycles. The maximum absolute atomic E-state index is 10.1. The Kier molecular flexibility index (Phi) is 3.22. The molecule has 0 aliphatic heterocycles. The van der Waals surface area contributed by atoms with E-state index in [9.17, 15) is 5.11 Å². The molecule has 1 aromatic carbocycles. The first-order valence-electron chi connectivity index (χ1n) is 6.80. The van der Waals surface area contributed by atoms with Gasteiger partial charge in [0.2, 0.25) is 0 Å². The average molecular weight is 254 g/mol. The quantitative estimate of drug-likeness (QED) is 0.891. The van der Waals surface area contributed by atoms with Gasteiger partial charge in [0.1, 0.15) is 0 Å². The summed E-state index contributed by atoms with van der Waals surface area (Å²) in [7, 11) is 0. The van der Waals surface area contributed by atoms with Gasteiger partial charge in [-0.15, -0.1) is 0 Å². The van der Waals surface area contributed by atoms with Crippen LogP contribution in [0.25, 0.3) is 17.3 Å². The van der Waals surface area contributed by atoms with Crippen LogP contribution < -0.4 is 0 Å². The number of hydrogen-bond donors (Lipinski definition) is 1. The molecule has 1 N–H and O–H groups in total. The predicted octanol–water partition coefficient (Wildman–Crippen LogP) is 3.41. The fraction of sp³-hybridized carbons (Fsp3) is 0.312. The zero-order chi connectivity index (χ0) is 13.2. The molecule has 19 heavy (non-hydrogen) atoms. The number of nitrogens with zero attached hydrogens (tertiary/aromatic N) is 2. The lowest BCUT2D eigenvalue weighted by Gasteiger charge is -2.13. The van der Waals surface area contributed by atoms with Crippen LogP contribution >= 0.6 is 0 Å². The SMILES string of the molecule is CCn1nccc1-c1ccc2c(c1)C=CCCC2O. The van der Waals surface area contributed by atoms with Gasteiger partial charge in [-0.2, -0.15) is 5.10 Å². The Bertz CT molecular complexity index is 613. The molecule has 0 radical (unpaired) electrons. The lowest BCUT2D eigenvalue weighted by atomic mass is 9.98. The van der Waals surface area contributed by atoms with Gasteiger partial charge in [0.05, 0.1) is 11.8 Å². The van der Waals surface area contributed by atoms with E-state index in [-0.39, 0.29) is 6.10 Å². The predicted molar refractivity (Wildman–Crippen MR) is 76.6 cm³/mol. The van der Waals surface area contributed by atoms with Gasteiger partial charge in [0, 0.05) is 18.3 Å². The second-order valence-corrected chi connectivity index (χ2v) is 4.87. The van der Waals surface area contributed by atoms with Crippen LogP contribution in [0.4, 0.5) is 0 Å². The van der Waals surface area contributed by atoms with Crippen LogP contribution in [0.3, 0.4) is 0 Å². The Labute approximate surface area is 113 Å². The highest BCUT2D eigenvalue weighted by Crippen LogP contribution is 2.30. The molecule has 3 heteroatoms. The summed E-state index contributed by atoms with van der Waals surface area (Å²) in [5.41, 5.74) is 4.42. The number of aryl methyl sites for hydroxylation is 1. The maximum atomic E-state index is 10.1. The van der Waals surface area contributed by atoms with E-state index in [1.54, 1.807) is 0 Å². The molecule has 3 rings (SSSR count). The van der Waals surface area contributed by atoms with Crippen LogP contribution in [0.5, 0.6) is 0 Å². The molecule has 1 aliphatic rings. The number of benzene rings is 1. The molecule has 0 saturated carbocycles. The Morgan fingerprint density at radius 2 is 2.26 bits per heavy atom. The third-order valence-electron chi connectivity index (χ3n) is 3.66. The molecule has 1 atom stereocenters. The largest absolute Gasteiger partial charge is 0.388 e. The minimum absolute atomic E-state index is 0.352. The first kappa shape index (κ1) is 12.2. The molecule has 0 fully saturated rings. The van der Waals surface area contributed by atoms with Crippen LogP contribution in [0, 0.1) is 0 Å². The lowest BCUT2D eigenvalue weighted by molar-refractivity contribution is 0.169. The maximum Gasteiger partial charge on any atom is 0.0798 e. The normalized spacial score (nSPS) is 18.1. The van der Waals surface area contributed by atoms with E-state index in [4.69, 9.17) is 0 Å². The second kappa shape index (κ2) is 5.02. The Balaban J connectivity index is 2.08. The van der Waals surface area contributed by atoms with E-state index < -0.39 is 0 Å². The van der Waals surface area contributed by atoms with Crippen molar-refractivity contribution in [1.82, 2.24) is 9.78 Å². The molecule has 0 amide bonds. The minimum Gasteiger partial charge on any atom is -0.388 e. The second-order valence-electron chi connectivity index (χ2n) is 4.87. The average Bonchev–Trinajstić information content (AvgIpc) is 2.84. The highest BCUT2D eigenvalue weighted by atomic mass is 16.3. The van der Waals surface area contributed by atoms with Gasteiger partial charge in [-0.25, -0.2) is 0 Å². The molecule has 98 valence electrons. The summed E-state index contributed by atoms with van der Waals surface area (Å²) in [6, 6.07) is 8.29. The van der Waals surface area contributed by atoms with Gasteiger partial charge in [-0.3, -0.25) is 4.68 Å². The third-order valence-corrected chi connectivity index (χ3v) is 3.66. The number of allylic oxidation sites excluding steroid dienone is 1. The van der Waals surface area contributed by atoms with Crippen LogP contribution in [0.15, 0.2) is 36.5 Å². The topological polar surface area (TPSA) is 38.0 Å². The van der Waals surface area contributed by atoms with Gasteiger partial charge in [0.15, 0.2) is 0 Å². The fourth-order valence-electron chi connectivity index (χ4n) is 2.63. The van der Waals surface area contributed by atoms with Gasteiger partial charge < -0.3 is 5.11 Å². The monoisotopic (exact) mass is 254 g/mol. The smallest absolute Gasteiger partial charge is 0.0798 e. The van der Waals surface area contributed by atoms with Crippen LogP contribution in [0.1, 0.15) is 37.0 Å². The molecule has 0 spiro atoms. The molecular weight excluding hydrogens is 236 g/mol. The standard InChI is InChI=1S/C16H18N2O/c1-2-18-15(9-10-17-18)13-7-8-14-12(11-13)5-3-4-6-16(14)19/h3,5,7-11,16,19H,2,4,6H2,1H3. The zero-order valence-corrected chi connectivity index (χ0v) is 11.1. The molecule has 2 aromatic rings. The van der Waals surface area contributed by atoms with Crippen molar-refractivity contribution in [2.45, 2.75) is 32.4 Å². The minimum atomic E-state index is -0.352. The molecule has 1 aliphatic carbocycles. The molecule has 1 unspecified atom stereocenters. The van der Waals surface area contributed by atoms with Crippen molar-refractivity contribution in [3.8, 4) is 11.3 Å². The first-order valence-corrected chi connectivity index (χ1v) is 6.80. The van der Waals surface area contributed by atoms with Crippen molar-refractivity contribution in [2.75, 3.05) is 0 Å². The Hall–Kier alpha value is -1.87. The lowest BCUT2D eigenvalue weighted by Crippen LogP contribution is -2.01. The summed E-state index contributed by atoms with van der Waals surface area (Å²) >= 11 is 0. The van der Waals surface area contributed by atoms with Gasteiger partial charge in [-0.05, 0) is 43.0 Å². The highest BCUT2D eigenvalue weighted by molar-refractivity contribution is 5.67. The molecule has 1 heterocycles. The van der Waals surface area contributed by atoms with Crippen molar-refractivity contribution < 1.29 is 5.11 Å². The van der Waals surface area contributed by atoms with E-state index >= 15 is 0 Å². The van der Waals surface area contributed by atoms with E-state index in [0.717, 1.165) is 41.8 Å². The fourth-order valence-corrected chi connectivity index (χ4v) is 2.63. The summed E-state index contributed by atoms with van der Waals surface area (Å²) in [6.07, 6.45) is 7.45. The van der Waals surface area contributed by atoms with Crippen LogP contribution in [-0.2, 0) is 6.54 Å². The van der Waals surface area contributed by atoms with Gasteiger partial charge in [-0.1, -0.05) is 24.3 Å². The van der Waals surface area contributed by atoms with Crippen LogP contribution in [-0.4, -0.2) is 14.9 Å². The number of hydrogen-bond acceptors (Lipinski definition) is 2. The van der Waals surface area contributed by atoms with Crippen molar-refractivity contribution in [2.24, 2.45) is 0 Å². The summed E-state index contributed by atoms with van der Waals surface area (Å²) in [4.78, 5) is 0. The number of aliphatic hydroxyl groups excluding tert-OH is 1. The Morgan fingerprint density at radius 3 is 3.11 bits per heavy atom. The number of rotatable bonds is 2. The van der Waals surface area contributed by atoms with E-state index in [0.29, 0.717) is 0 Å². The van der Waals surface area contributed by atoms with Crippen molar-refractivity contribution in [1.29, 1.82) is 0 Å². The van der Waals surface area contributed by atoms with Crippen LogP contribution in [0.2, 0.25) is 0 Å². The molecule has 3 nitrogen and oxygen atoms in total. The zero-order valence-electron chi connectivity index (χ0n) is 11.1. The van der Waals surface area contributed by atoms with Gasteiger partial charge in [0.25, 0.3) is 0 Å². The molecular formula is C16H18N2O. The summed E-state index contributed by atoms with van der Waals surface area (Å²) < 4.78 is 1.98. The highest BCUT2D eigenvalue weighted by Gasteiger charge is 2.14. The third kappa shape index (κ3) is 2.22. The van der Waals surface area contributed by atoms with E-state index in [1.807, 2.05) is 23.0 Å². The van der Waals surface area contributed by atoms with E-state index in [1.165, 1.54) is 0 Å². The number of aromatic nitrogens is 2. The molecule has 0 bridgehead atoms. The van der Waals surface area contributed by atoms with Gasteiger partial charge >= 0.3 is 0 Å². The van der Waals surface area contributed by atoms with Crippen molar-refractivity contribution in [3.05, 3.63) is 47.7 Å². The van der Waals surface area contributed by atoms with Crippen molar-refractivity contribution >= 4 is 6.08 Å². The Morgan fingerprint density at radius 1 is 1.37 bits per heavy atom.